The summed E-state index contributed by atoms with van der Waals surface area (Å²) in [5.74, 6) is 0. The summed E-state index contributed by atoms with van der Waals surface area (Å²) < 4.78 is 6.29. The zero-order chi connectivity index (χ0) is 34.4. The smallest absolute Gasteiger partial charge is 0.136 e. The quantitative estimate of drug-likeness (QED) is 0.176. The van der Waals surface area contributed by atoms with Crippen LogP contribution in [0.5, 0.6) is 0 Å². The van der Waals surface area contributed by atoms with Gasteiger partial charge in [-0.15, -0.1) is 0 Å². The molecule has 0 amide bonds. The third-order valence-corrected chi connectivity index (χ3v) is 10.2. The summed E-state index contributed by atoms with van der Waals surface area (Å²) in [6.45, 7) is 0. The number of para-hydroxylation sites is 2. The largest absolute Gasteiger partial charge is 0.456 e. The summed E-state index contributed by atoms with van der Waals surface area (Å²) in [6.07, 6.45) is 0. The fourth-order valence-corrected chi connectivity index (χ4v) is 7.70. The Balaban J connectivity index is 1.14. The van der Waals surface area contributed by atoms with Crippen molar-refractivity contribution in [1.82, 2.24) is 0 Å². The molecule has 0 aliphatic carbocycles. The highest BCUT2D eigenvalue weighted by molar-refractivity contribution is 6.12. The number of anilines is 3. The average molecular weight is 664 g/mol. The van der Waals surface area contributed by atoms with E-state index in [2.05, 4.69) is 193 Å². The normalized spacial score (nSPS) is 11.5. The fraction of sp³-hybridized carbons (Fsp3) is 0. The predicted octanol–water partition coefficient (Wildman–Crippen LogP) is 14.4. The van der Waals surface area contributed by atoms with Gasteiger partial charge in [0.2, 0.25) is 0 Å². The van der Waals surface area contributed by atoms with Crippen molar-refractivity contribution in [3.8, 4) is 33.4 Å². The van der Waals surface area contributed by atoms with E-state index in [1.807, 2.05) is 12.1 Å². The molecule has 0 bridgehead atoms. The second-order valence-electron chi connectivity index (χ2n) is 13.4. The first-order valence-electron chi connectivity index (χ1n) is 17.8. The number of rotatable bonds is 6. The molecular weight excluding hydrogens is 631 g/mol. The predicted molar refractivity (Wildman–Crippen MR) is 220 cm³/mol. The molecule has 2 heteroatoms. The molecule has 52 heavy (non-hydrogen) atoms. The molecule has 0 N–H and O–H groups in total. The van der Waals surface area contributed by atoms with Gasteiger partial charge in [0.15, 0.2) is 0 Å². The maximum Gasteiger partial charge on any atom is 0.136 e. The van der Waals surface area contributed by atoms with E-state index in [0.717, 1.165) is 50.1 Å². The van der Waals surface area contributed by atoms with Gasteiger partial charge in [-0.1, -0.05) is 146 Å². The minimum atomic E-state index is 0.895. The molecule has 0 spiro atoms. The first-order valence-corrected chi connectivity index (χ1v) is 17.8. The highest BCUT2D eigenvalue weighted by atomic mass is 16.3. The lowest BCUT2D eigenvalue weighted by atomic mass is 9.97. The van der Waals surface area contributed by atoms with Gasteiger partial charge < -0.3 is 9.32 Å². The average Bonchev–Trinajstić information content (AvgIpc) is 3.60. The van der Waals surface area contributed by atoms with E-state index in [0.29, 0.717) is 0 Å². The molecular formula is C50H33NO. The molecule has 0 saturated heterocycles. The van der Waals surface area contributed by atoms with Crippen LogP contribution in [0.25, 0.3) is 76.9 Å². The summed E-state index contributed by atoms with van der Waals surface area (Å²) in [6, 6.07) is 71.8. The second kappa shape index (κ2) is 12.5. The standard InChI is InChI=1S/C50H33NO/c1-3-13-37-31-39(25-23-34(37)11-1)36-27-29-42(30-28-36)51(47-20-7-5-17-44(47)41-26-24-35-12-2-4-14-38(35)32-41)43-16-9-15-40(33-43)45-19-10-22-49-50(45)46-18-6-8-21-48(46)52-49/h1-33H. The minimum Gasteiger partial charge on any atom is -0.456 e. The van der Waals surface area contributed by atoms with E-state index >= 15 is 0 Å². The van der Waals surface area contributed by atoms with Gasteiger partial charge in [0.25, 0.3) is 0 Å². The van der Waals surface area contributed by atoms with Gasteiger partial charge in [-0.3, -0.25) is 0 Å². The summed E-state index contributed by atoms with van der Waals surface area (Å²) in [5, 5.41) is 7.21. The molecule has 9 aromatic carbocycles. The van der Waals surface area contributed by atoms with Gasteiger partial charge in [0.1, 0.15) is 11.2 Å². The van der Waals surface area contributed by atoms with Gasteiger partial charge >= 0.3 is 0 Å². The molecule has 0 atom stereocenters. The zero-order valence-corrected chi connectivity index (χ0v) is 28.4. The second-order valence-corrected chi connectivity index (χ2v) is 13.4. The first-order chi connectivity index (χ1) is 25.8. The Labute approximate surface area is 302 Å². The molecule has 10 rings (SSSR count). The van der Waals surface area contributed by atoms with Crippen molar-refractivity contribution >= 4 is 60.5 Å². The van der Waals surface area contributed by atoms with Crippen molar-refractivity contribution < 1.29 is 4.42 Å². The van der Waals surface area contributed by atoms with Crippen LogP contribution < -0.4 is 4.90 Å². The summed E-state index contributed by atoms with van der Waals surface area (Å²) >= 11 is 0. The molecule has 1 aromatic heterocycles. The topological polar surface area (TPSA) is 16.4 Å². The number of hydrogen-bond donors (Lipinski definition) is 0. The molecule has 0 radical (unpaired) electrons. The molecule has 2 nitrogen and oxygen atoms in total. The molecule has 10 aromatic rings. The van der Waals surface area contributed by atoms with E-state index in [9.17, 15) is 0 Å². The summed E-state index contributed by atoms with van der Waals surface area (Å²) in [7, 11) is 0. The number of furan rings is 1. The van der Waals surface area contributed by atoms with Crippen molar-refractivity contribution in [1.29, 1.82) is 0 Å². The Kier molecular flexibility index (Phi) is 7.18. The van der Waals surface area contributed by atoms with Crippen LogP contribution >= 0.6 is 0 Å². The van der Waals surface area contributed by atoms with Gasteiger partial charge in [0, 0.05) is 27.7 Å². The van der Waals surface area contributed by atoms with Crippen LogP contribution in [0.2, 0.25) is 0 Å². The van der Waals surface area contributed by atoms with Crippen LogP contribution in [-0.4, -0.2) is 0 Å². The van der Waals surface area contributed by atoms with Crippen LogP contribution in [0.1, 0.15) is 0 Å². The van der Waals surface area contributed by atoms with Gasteiger partial charge in [0.05, 0.1) is 5.69 Å². The molecule has 0 aliphatic rings. The Morgan fingerprint density at radius 1 is 0.327 bits per heavy atom. The molecule has 1 heterocycles. The van der Waals surface area contributed by atoms with Crippen LogP contribution in [-0.2, 0) is 0 Å². The summed E-state index contributed by atoms with van der Waals surface area (Å²) in [4.78, 5) is 2.39. The van der Waals surface area contributed by atoms with Crippen molar-refractivity contribution in [2.45, 2.75) is 0 Å². The van der Waals surface area contributed by atoms with Gasteiger partial charge in [-0.2, -0.15) is 0 Å². The minimum absolute atomic E-state index is 0.895. The van der Waals surface area contributed by atoms with E-state index in [-0.39, 0.29) is 0 Å². The van der Waals surface area contributed by atoms with Crippen LogP contribution in [0.4, 0.5) is 17.1 Å². The van der Waals surface area contributed by atoms with Crippen molar-refractivity contribution in [3.63, 3.8) is 0 Å². The Morgan fingerprint density at radius 3 is 1.71 bits per heavy atom. The highest BCUT2D eigenvalue weighted by Gasteiger charge is 2.19. The van der Waals surface area contributed by atoms with Gasteiger partial charge in [-0.25, -0.2) is 0 Å². The van der Waals surface area contributed by atoms with E-state index < -0.39 is 0 Å². The molecule has 244 valence electrons. The molecule has 0 unspecified atom stereocenters. The van der Waals surface area contributed by atoms with E-state index in [1.54, 1.807) is 0 Å². The molecule has 0 fully saturated rings. The molecule has 0 saturated carbocycles. The van der Waals surface area contributed by atoms with Crippen LogP contribution in [0.15, 0.2) is 205 Å². The van der Waals surface area contributed by atoms with Crippen molar-refractivity contribution in [3.05, 3.63) is 200 Å². The third-order valence-electron chi connectivity index (χ3n) is 10.2. The monoisotopic (exact) mass is 663 g/mol. The lowest BCUT2D eigenvalue weighted by molar-refractivity contribution is 0.669. The molecule has 0 aliphatic heterocycles. The van der Waals surface area contributed by atoms with E-state index in [1.165, 1.54) is 43.8 Å². The SMILES string of the molecule is c1cc(-c2cccc3oc4ccccc4c23)cc(N(c2ccc(-c3ccc4ccccc4c3)cc2)c2ccccc2-c2ccc3ccccc3c2)c1. The fourth-order valence-electron chi connectivity index (χ4n) is 7.70. The first kappa shape index (κ1) is 30.0. The maximum atomic E-state index is 6.29. The zero-order valence-electron chi connectivity index (χ0n) is 28.4. The Hall–Kier alpha value is -6.90. The van der Waals surface area contributed by atoms with Crippen molar-refractivity contribution in [2.24, 2.45) is 0 Å². The number of fused-ring (bicyclic) bond motifs is 5. The lowest BCUT2D eigenvalue weighted by Crippen LogP contribution is -2.11. The van der Waals surface area contributed by atoms with Gasteiger partial charge in [-0.05, 0) is 104 Å². The Bertz CT molecular complexity index is 2920. The number of hydrogen-bond acceptors (Lipinski definition) is 2. The van der Waals surface area contributed by atoms with Crippen LogP contribution in [0.3, 0.4) is 0 Å². The van der Waals surface area contributed by atoms with E-state index in [4.69, 9.17) is 4.42 Å². The maximum absolute atomic E-state index is 6.29. The Morgan fingerprint density at radius 2 is 0.904 bits per heavy atom. The number of benzene rings is 9. The van der Waals surface area contributed by atoms with Crippen LogP contribution in [0, 0.1) is 0 Å². The highest BCUT2D eigenvalue weighted by Crippen LogP contribution is 2.44. The van der Waals surface area contributed by atoms with Crippen molar-refractivity contribution in [2.75, 3.05) is 4.90 Å². The number of nitrogens with zero attached hydrogens (tertiary/aromatic N) is 1. The third kappa shape index (κ3) is 5.21. The lowest BCUT2D eigenvalue weighted by Gasteiger charge is -2.28. The summed E-state index contributed by atoms with van der Waals surface area (Å²) in [5.41, 5.74) is 12.1.